The molecule has 1 atom stereocenters. The SMILES string of the molecule is N#CC(C(=O)C1CCCCCC1)c1cccc(Cl)c1F. The molecule has 0 radical (unpaired) electrons. The Kier molecular flexibility index (Phi) is 5.14. The van der Waals surface area contributed by atoms with Gasteiger partial charge >= 0.3 is 0 Å². The average molecular weight is 294 g/mol. The average Bonchev–Trinajstić information content (AvgIpc) is 2.73. The number of carbonyl (C=O) groups is 1. The largest absolute Gasteiger partial charge is 0.298 e. The first-order valence-electron chi connectivity index (χ1n) is 7.02. The molecular formula is C16H17ClFNO. The van der Waals surface area contributed by atoms with Gasteiger partial charge in [-0.15, -0.1) is 0 Å². The maximum atomic E-state index is 14.0. The number of carbonyl (C=O) groups excluding carboxylic acids is 1. The molecule has 0 heterocycles. The number of Topliss-reactive ketones (excluding diaryl/α,β-unsaturated/α-hetero) is 1. The van der Waals surface area contributed by atoms with Gasteiger partial charge in [-0.1, -0.05) is 49.4 Å². The molecule has 0 N–H and O–H groups in total. The van der Waals surface area contributed by atoms with E-state index in [2.05, 4.69) is 0 Å². The van der Waals surface area contributed by atoms with Gasteiger partial charge in [0.2, 0.25) is 0 Å². The van der Waals surface area contributed by atoms with E-state index in [1.54, 1.807) is 6.07 Å². The van der Waals surface area contributed by atoms with Crippen molar-refractivity contribution < 1.29 is 9.18 Å². The first kappa shape index (κ1) is 15.0. The summed E-state index contributed by atoms with van der Waals surface area (Å²) in [6.07, 6.45) is 5.89. The van der Waals surface area contributed by atoms with Crippen molar-refractivity contribution in [1.82, 2.24) is 0 Å². The van der Waals surface area contributed by atoms with Crippen LogP contribution in [0.1, 0.15) is 50.0 Å². The van der Waals surface area contributed by atoms with Crippen molar-refractivity contribution in [3.63, 3.8) is 0 Å². The fourth-order valence-corrected chi connectivity index (χ4v) is 3.01. The smallest absolute Gasteiger partial charge is 0.157 e. The highest BCUT2D eigenvalue weighted by molar-refractivity contribution is 6.30. The van der Waals surface area contributed by atoms with E-state index in [1.165, 1.54) is 12.1 Å². The van der Waals surface area contributed by atoms with Crippen molar-refractivity contribution in [2.45, 2.75) is 44.4 Å². The minimum absolute atomic E-state index is 0.0450. The molecule has 1 saturated carbocycles. The molecule has 20 heavy (non-hydrogen) atoms. The van der Waals surface area contributed by atoms with E-state index in [0.29, 0.717) is 0 Å². The van der Waals surface area contributed by atoms with Crippen LogP contribution < -0.4 is 0 Å². The topological polar surface area (TPSA) is 40.9 Å². The Morgan fingerprint density at radius 3 is 2.55 bits per heavy atom. The summed E-state index contributed by atoms with van der Waals surface area (Å²) in [5.41, 5.74) is 0.106. The molecule has 1 aliphatic carbocycles. The van der Waals surface area contributed by atoms with Gasteiger partial charge in [-0.25, -0.2) is 4.39 Å². The van der Waals surface area contributed by atoms with E-state index >= 15 is 0 Å². The molecule has 106 valence electrons. The molecule has 0 spiro atoms. The van der Waals surface area contributed by atoms with Gasteiger partial charge in [-0.05, 0) is 18.9 Å². The number of hydrogen-bond donors (Lipinski definition) is 0. The van der Waals surface area contributed by atoms with Gasteiger partial charge in [0.25, 0.3) is 0 Å². The molecule has 1 aromatic rings. The zero-order valence-electron chi connectivity index (χ0n) is 11.2. The van der Waals surface area contributed by atoms with Crippen LogP contribution in [0.4, 0.5) is 4.39 Å². The van der Waals surface area contributed by atoms with Gasteiger partial charge in [0.15, 0.2) is 5.78 Å². The zero-order valence-corrected chi connectivity index (χ0v) is 12.0. The number of hydrogen-bond acceptors (Lipinski definition) is 2. The standard InChI is InChI=1S/C16H17ClFNO/c17-14-9-5-8-12(15(14)18)13(10-19)16(20)11-6-3-1-2-4-7-11/h5,8-9,11,13H,1-4,6-7H2. The van der Waals surface area contributed by atoms with E-state index in [-0.39, 0.29) is 22.3 Å². The van der Waals surface area contributed by atoms with Crippen LogP contribution >= 0.6 is 11.6 Å². The number of nitriles is 1. The van der Waals surface area contributed by atoms with Crippen molar-refractivity contribution in [3.8, 4) is 6.07 Å². The summed E-state index contributed by atoms with van der Waals surface area (Å²) in [4.78, 5) is 12.5. The minimum atomic E-state index is -1.04. The van der Waals surface area contributed by atoms with Crippen LogP contribution in [0.3, 0.4) is 0 Å². The number of halogens is 2. The highest BCUT2D eigenvalue weighted by Crippen LogP contribution is 2.31. The van der Waals surface area contributed by atoms with Gasteiger partial charge in [-0.3, -0.25) is 4.79 Å². The molecule has 0 bridgehead atoms. The van der Waals surface area contributed by atoms with Crippen LogP contribution in [0.15, 0.2) is 18.2 Å². The lowest BCUT2D eigenvalue weighted by atomic mass is 9.84. The van der Waals surface area contributed by atoms with E-state index in [9.17, 15) is 14.4 Å². The zero-order chi connectivity index (χ0) is 14.5. The van der Waals surface area contributed by atoms with Crippen molar-refractivity contribution in [2.24, 2.45) is 5.92 Å². The Morgan fingerprint density at radius 1 is 1.30 bits per heavy atom. The monoisotopic (exact) mass is 293 g/mol. The van der Waals surface area contributed by atoms with Gasteiger partial charge in [0.1, 0.15) is 11.7 Å². The molecule has 0 aliphatic heterocycles. The van der Waals surface area contributed by atoms with Gasteiger partial charge < -0.3 is 0 Å². The third kappa shape index (κ3) is 3.19. The molecule has 1 aromatic carbocycles. The summed E-state index contributed by atoms with van der Waals surface area (Å²) >= 11 is 5.74. The molecule has 2 nitrogen and oxygen atoms in total. The Morgan fingerprint density at radius 2 is 1.95 bits per heavy atom. The summed E-state index contributed by atoms with van der Waals surface area (Å²) in [7, 11) is 0. The van der Waals surface area contributed by atoms with Gasteiger partial charge in [0.05, 0.1) is 11.1 Å². The molecule has 0 saturated heterocycles. The maximum absolute atomic E-state index is 14.0. The second-order valence-electron chi connectivity index (χ2n) is 5.30. The quantitative estimate of drug-likeness (QED) is 0.763. The van der Waals surface area contributed by atoms with E-state index in [4.69, 9.17) is 11.6 Å². The molecule has 4 heteroatoms. The van der Waals surface area contributed by atoms with Crippen molar-refractivity contribution >= 4 is 17.4 Å². The van der Waals surface area contributed by atoms with Crippen LogP contribution in [0, 0.1) is 23.1 Å². The van der Waals surface area contributed by atoms with E-state index in [1.807, 2.05) is 6.07 Å². The van der Waals surface area contributed by atoms with Crippen LogP contribution in [0.25, 0.3) is 0 Å². The van der Waals surface area contributed by atoms with Gasteiger partial charge in [0, 0.05) is 11.5 Å². The Balaban J connectivity index is 2.25. The molecule has 2 rings (SSSR count). The van der Waals surface area contributed by atoms with Crippen molar-refractivity contribution in [1.29, 1.82) is 5.26 Å². The molecular weight excluding hydrogens is 277 g/mol. The molecule has 1 fully saturated rings. The maximum Gasteiger partial charge on any atom is 0.157 e. The lowest BCUT2D eigenvalue weighted by molar-refractivity contribution is -0.123. The molecule has 1 aliphatic rings. The minimum Gasteiger partial charge on any atom is -0.298 e. The fourth-order valence-electron chi connectivity index (χ4n) is 2.83. The highest BCUT2D eigenvalue weighted by atomic mass is 35.5. The lowest BCUT2D eigenvalue weighted by Crippen LogP contribution is -2.22. The molecule has 0 aromatic heterocycles. The van der Waals surface area contributed by atoms with E-state index in [0.717, 1.165) is 38.5 Å². The Bertz CT molecular complexity index is 530. The first-order chi connectivity index (χ1) is 9.65. The summed E-state index contributed by atoms with van der Waals surface area (Å²) in [5, 5.41) is 9.24. The normalized spacial score (nSPS) is 18.1. The Hall–Kier alpha value is -1.40. The second kappa shape index (κ2) is 6.85. The fraction of sp³-hybridized carbons (Fsp3) is 0.500. The van der Waals surface area contributed by atoms with Crippen LogP contribution in [0.5, 0.6) is 0 Å². The number of rotatable bonds is 3. The van der Waals surface area contributed by atoms with Crippen LogP contribution in [-0.2, 0) is 4.79 Å². The second-order valence-corrected chi connectivity index (χ2v) is 5.70. The number of nitrogens with zero attached hydrogens (tertiary/aromatic N) is 1. The van der Waals surface area contributed by atoms with Gasteiger partial charge in [-0.2, -0.15) is 5.26 Å². The Labute approximate surface area is 123 Å². The number of ketones is 1. The molecule has 1 unspecified atom stereocenters. The van der Waals surface area contributed by atoms with Crippen molar-refractivity contribution in [3.05, 3.63) is 34.6 Å². The van der Waals surface area contributed by atoms with Crippen molar-refractivity contribution in [2.75, 3.05) is 0 Å². The summed E-state index contributed by atoms with van der Waals surface area (Å²) < 4.78 is 14.0. The van der Waals surface area contributed by atoms with Crippen LogP contribution in [-0.4, -0.2) is 5.78 Å². The third-order valence-corrected chi connectivity index (χ3v) is 4.26. The lowest BCUT2D eigenvalue weighted by Gasteiger charge is -2.17. The predicted molar refractivity (Wildman–Crippen MR) is 76.0 cm³/mol. The van der Waals surface area contributed by atoms with Crippen LogP contribution in [0.2, 0.25) is 5.02 Å². The predicted octanol–water partition coefficient (Wildman–Crippen LogP) is 4.63. The first-order valence-corrected chi connectivity index (χ1v) is 7.40. The highest BCUT2D eigenvalue weighted by Gasteiger charge is 2.30. The third-order valence-electron chi connectivity index (χ3n) is 3.96. The summed E-state index contributed by atoms with van der Waals surface area (Å²) in [6.45, 7) is 0. The molecule has 0 amide bonds. The summed E-state index contributed by atoms with van der Waals surface area (Å²) in [5.74, 6) is -1.98. The number of benzene rings is 1. The summed E-state index contributed by atoms with van der Waals surface area (Å²) in [6, 6.07) is 6.43. The van der Waals surface area contributed by atoms with E-state index < -0.39 is 11.7 Å².